The third-order valence-corrected chi connectivity index (χ3v) is 4.84. The standard InChI is InChI=1S/C20H19N3O2.C3H8/c1-12-10-13(11-18-14(12)4-2-8-21-18)17-7-6-16(20(25)23-17)15-5-3-9-22-19(15)24;1-3-2/h2,4,6-8,10-11,15H,3,5,9H2,1H3,(H,22,24)(H,23,25);3H2,1-2H3. The number of carbonyl (C=O) groups excluding carboxylic acids is 1. The molecule has 1 atom stereocenters. The molecule has 146 valence electrons. The number of H-pyrrole nitrogens is 1. The summed E-state index contributed by atoms with van der Waals surface area (Å²) in [6, 6.07) is 11.6. The van der Waals surface area contributed by atoms with E-state index < -0.39 is 0 Å². The van der Waals surface area contributed by atoms with Crippen LogP contribution < -0.4 is 10.9 Å². The second-order valence-corrected chi connectivity index (χ2v) is 7.21. The highest BCUT2D eigenvalue weighted by molar-refractivity contribution is 5.87. The first-order chi connectivity index (χ1) is 13.5. The van der Waals surface area contributed by atoms with Gasteiger partial charge in [-0.15, -0.1) is 0 Å². The molecule has 2 aromatic heterocycles. The van der Waals surface area contributed by atoms with Gasteiger partial charge < -0.3 is 10.3 Å². The van der Waals surface area contributed by atoms with Crippen molar-refractivity contribution in [2.45, 2.75) is 46.0 Å². The van der Waals surface area contributed by atoms with E-state index in [9.17, 15) is 9.59 Å². The number of aromatic amines is 1. The van der Waals surface area contributed by atoms with Gasteiger partial charge in [-0.25, -0.2) is 0 Å². The number of nitrogens with zero attached hydrogens (tertiary/aromatic N) is 1. The Kier molecular flexibility index (Phi) is 6.24. The van der Waals surface area contributed by atoms with E-state index in [-0.39, 0.29) is 17.4 Å². The summed E-state index contributed by atoms with van der Waals surface area (Å²) >= 11 is 0. The molecule has 28 heavy (non-hydrogen) atoms. The fourth-order valence-corrected chi connectivity index (χ4v) is 3.52. The topological polar surface area (TPSA) is 74.8 Å². The Labute approximate surface area is 165 Å². The Morgan fingerprint density at radius 2 is 1.93 bits per heavy atom. The largest absolute Gasteiger partial charge is 0.356 e. The Bertz CT molecular complexity index is 1040. The Morgan fingerprint density at radius 1 is 1.14 bits per heavy atom. The lowest BCUT2D eigenvalue weighted by molar-refractivity contribution is -0.123. The molecule has 1 saturated heterocycles. The van der Waals surface area contributed by atoms with E-state index in [0.29, 0.717) is 18.5 Å². The van der Waals surface area contributed by atoms with E-state index >= 15 is 0 Å². The number of aryl methyl sites for hydroxylation is 1. The highest BCUT2D eigenvalue weighted by Gasteiger charge is 2.26. The molecule has 5 heteroatoms. The fraction of sp³-hybridized carbons (Fsp3) is 0.348. The predicted molar refractivity (Wildman–Crippen MR) is 113 cm³/mol. The molecule has 1 aliphatic heterocycles. The van der Waals surface area contributed by atoms with Crippen molar-refractivity contribution in [3.63, 3.8) is 0 Å². The van der Waals surface area contributed by atoms with Crippen LogP contribution in [0.25, 0.3) is 22.2 Å². The number of amides is 1. The normalized spacial score (nSPS) is 16.2. The van der Waals surface area contributed by atoms with Gasteiger partial charge in [-0.2, -0.15) is 0 Å². The molecule has 3 aromatic rings. The molecule has 1 unspecified atom stereocenters. The molecule has 2 N–H and O–H groups in total. The van der Waals surface area contributed by atoms with Gasteiger partial charge in [-0.05, 0) is 49.6 Å². The predicted octanol–water partition coefficient (Wildman–Crippen LogP) is 4.31. The van der Waals surface area contributed by atoms with Crippen molar-refractivity contribution in [2.75, 3.05) is 6.54 Å². The number of rotatable bonds is 2. The summed E-state index contributed by atoms with van der Waals surface area (Å²) in [6.07, 6.45) is 4.62. The number of benzene rings is 1. The zero-order chi connectivity index (χ0) is 20.1. The highest BCUT2D eigenvalue weighted by atomic mass is 16.2. The van der Waals surface area contributed by atoms with Crippen LogP contribution in [0, 0.1) is 6.92 Å². The van der Waals surface area contributed by atoms with Crippen molar-refractivity contribution >= 4 is 16.8 Å². The van der Waals surface area contributed by atoms with Crippen LogP contribution in [0.5, 0.6) is 0 Å². The van der Waals surface area contributed by atoms with Crippen LogP contribution in [-0.4, -0.2) is 22.4 Å². The monoisotopic (exact) mass is 377 g/mol. The molecular formula is C23H27N3O2. The smallest absolute Gasteiger partial charge is 0.252 e. The van der Waals surface area contributed by atoms with E-state index in [1.165, 1.54) is 6.42 Å². The fourth-order valence-electron chi connectivity index (χ4n) is 3.52. The zero-order valence-electron chi connectivity index (χ0n) is 16.7. The minimum Gasteiger partial charge on any atom is -0.356 e. The molecule has 0 saturated carbocycles. The lowest BCUT2D eigenvalue weighted by Gasteiger charge is -2.21. The molecule has 0 aliphatic carbocycles. The number of hydrogen-bond donors (Lipinski definition) is 2. The van der Waals surface area contributed by atoms with Gasteiger partial charge in [0.15, 0.2) is 0 Å². The molecule has 1 fully saturated rings. The quantitative estimate of drug-likeness (QED) is 0.699. The molecule has 5 nitrogen and oxygen atoms in total. The van der Waals surface area contributed by atoms with Gasteiger partial charge in [-0.1, -0.05) is 32.4 Å². The number of nitrogens with one attached hydrogen (secondary N) is 2. The van der Waals surface area contributed by atoms with Crippen molar-refractivity contribution in [1.29, 1.82) is 0 Å². The minimum absolute atomic E-state index is 0.0600. The van der Waals surface area contributed by atoms with Crippen molar-refractivity contribution < 1.29 is 4.79 Å². The van der Waals surface area contributed by atoms with Crippen LogP contribution in [0.15, 0.2) is 47.4 Å². The van der Waals surface area contributed by atoms with E-state index in [1.54, 1.807) is 12.3 Å². The molecule has 1 aromatic carbocycles. The van der Waals surface area contributed by atoms with Gasteiger partial charge in [-0.3, -0.25) is 14.6 Å². The second-order valence-electron chi connectivity index (χ2n) is 7.21. The van der Waals surface area contributed by atoms with Gasteiger partial charge in [0.1, 0.15) is 0 Å². The van der Waals surface area contributed by atoms with Crippen molar-refractivity contribution in [2.24, 2.45) is 0 Å². The van der Waals surface area contributed by atoms with E-state index in [2.05, 4.69) is 29.1 Å². The first-order valence-electron chi connectivity index (χ1n) is 9.91. The summed E-state index contributed by atoms with van der Waals surface area (Å²) < 4.78 is 0. The van der Waals surface area contributed by atoms with Crippen LogP contribution >= 0.6 is 0 Å². The number of piperidine rings is 1. The van der Waals surface area contributed by atoms with Crippen LogP contribution in [0.4, 0.5) is 0 Å². The first kappa shape index (κ1) is 19.8. The Balaban J connectivity index is 0.000000706. The number of fused-ring (bicyclic) bond motifs is 1. The molecule has 4 rings (SSSR count). The first-order valence-corrected chi connectivity index (χ1v) is 9.91. The van der Waals surface area contributed by atoms with Gasteiger partial charge >= 0.3 is 0 Å². The van der Waals surface area contributed by atoms with E-state index in [1.807, 2.05) is 37.3 Å². The maximum Gasteiger partial charge on any atom is 0.252 e. The van der Waals surface area contributed by atoms with Crippen molar-refractivity contribution in [3.05, 3.63) is 64.1 Å². The van der Waals surface area contributed by atoms with Gasteiger partial charge in [0, 0.05) is 34.9 Å². The third-order valence-electron chi connectivity index (χ3n) is 4.84. The summed E-state index contributed by atoms with van der Waals surface area (Å²) in [5.41, 5.74) is 4.00. The van der Waals surface area contributed by atoms with Crippen LogP contribution in [-0.2, 0) is 4.79 Å². The maximum atomic E-state index is 12.6. The molecule has 0 spiro atoms. The molecule has 0 bridgehead atoms. The summed E-state index contributed by atoms with van der Waals surface area (Å²) in [7, 11) is 0. The van der Waals surface area contributed by atoms with E-state index in [4.69, 9.17) is 0 Å². The Hall–Kier alpha value is -2.95. The summed E-state index contributed by atoms with van der Waals surface area (Å²) in [6.45, 7) is 6.97. The lowest BCUT2D eigenvalue weighted by atomic mass is 9.91. The summed E-state index contributed by atoms with van der Waals surface area (Å²) in [5, 5.41) is 3.93. The van der Waals surface area contributed by atoms with E-state index in [0.717, 1.165) is 34.1 Å². The van der Waals surface area contributed by atoms with Crippen molar-refractivity contribution in [1.82, 2.24) is 15.3 Å². The van der Waals surface area contributed by atoms with Gasteiger partial charge in [0.25, 0.3) is 5.56 Å². The number of carbonyl (C=O) groups is 1. The average Bonchev–Trinajstić information content (AvgIpc) is 2.69. The molecular weight excluding hydrogens is 350 g/mol. The molecule has 1 amide bonds. The van der Waals surface area contributed by atoms with Gasteiger partial charge in [0.2, 0.25) is 5.91 Å². The summed E-state index contributed by atoms with van der Waals surface area (Å²) in [5.74, 6) is -0.415. The lowest BCUT2D eigenvalue weighted by Crippen LogP contribution is -2.37. The maximum absolute atomic E-state index is 12.6. The second kappa shape index (κ2) is 8.83. The van der Waals surface area contributed by atoms with Gasteiger partial charge in [0.05, 0.1) is 11.4 Å². The number of aromatic nitrogens is 2. The highest BCUT2D eigenvalue weighted by Crippen LogP contribution is 2.26. The third kappa shape index (κ3) is 4.14. The van der Waals surface area contributed by atoms with Crippen LogP contribution in [0.1, 0.15) is 50.2 Å². The Morgan fingerprint density at radius 3 is 2.64 bits per heavy atom. The number of hydrogen-bond acceptors (Lipinski definition) is 3. The molecule has 3 heterocycles. The van der Waals surface area contributed by atoms with Crippen LogP contribution in [0.2, 0.25) is 0 Å². The average molecular weight is 377 g/mol. The van der Waals surface area contributed by atoms with Crippen molar-refractivity contribution in [3.8, 4) is 11.3 Å². The molecule has 0 radical (unpaired) electrons. The number of pyridine rings is 2. The molecule has 1 aliphatic rings. The zero-order valence-corrected chi connectivity index (χ0v) is 16.7. The van der Waals surface area contributed by atoms with Crippen LogP contribution in [0.3, 0.4) is 0 Å². The SMILES string of the molecule is CCC.Cc1cc(-c2ccc(C3CCCNC3=O)c(=O)[nH]2)cc2ncccc12. The summed E-state index contributed by atoms with van der Waals surface area (Å²) in [4.78, 5) is 31.9. The minimum atomic E-state index is -0.355.